The normalized spacial score (nSPS) is 30.2. The number of amides is 1. The summed E-state index contributed by atoms with van der Waals surface area (Å²) >= 11 is 0. The number of likely N-dealkylation sites (tertiary alicyclic amines) is 1. The summed E-state index contributed by atoms with van der Waals surface area (Å²) in [4.78, 5) is 15.6. The Hall–Kier alpha value is -0.610. The van der Waals surface area contributed by atoms with Gasteiger partial charge in [0, 0.05) is 38.1 Å². The van der Waals surface area contributed by atoms with Crippen molar-refractivity contribution in [1.82, 2.24) is 4.90 Å². The van der Waals surface area contributed by atoms with Gasteiger partial charge in [-0.25, -0.2) is 0 Å². The van der Waals surface area contributed by atoms with Gasteiger partial charge in [0.2, 0.25) is 5.91 Å². The van der Waals surface area contributed by atoms with Gasteiger partial charge in [0.1, 0.15) is 0 Å². The quantitative estimate of drug-likeness (QED) is 0.753. The first kappa shape index (κ1) is 18.7. The van der Waals surface area contributed by atoms with E-state index >= 15 is 0 Å². The van der Waals surface area contributed by atoms with E-state index < -0.39 is 0 Å². The summed E-state index contributed by atoms with van der Waals surface area (Å²) in [5.41, 5.74) is 0. The highest BCUT2D eigenvalue weighted by Crippen LogP contribution is 2.35. The van der Waals surface area contributed by atoms with Gasteiger partial charge >= 0.3 is 0 Å². The summed E-state index contributed by atoms with van der Waals surface area (Å²) in [5, 5.41) is 0. The summed E-state index contributed by atoms with van der Waals surface area (Å²) in [6, 6.07) is 0.355. The van der Waals surface area contributed by atoms with Crippen molar-refractivity contribution in [3.63, 3.8) is 0 Å². The Bertz CT molecular complexity index is 377. The van der Waals surface area contributed by atoms with E-state index in [1.807, 2.05) is 0 Å². The number of rotatable bonds is 6. The third-order valence-electron chi connectivity index (χ3n) is 5.59. The van der Waals surface area contributed by atoms with Crippen molar-refractivity contribution in [2.24, 2.45) is 29.6 Å². The Kier molecular flexibility index (Phi) is 6.90. The fourth-order valence-electron chi connectivity index (χ4n) is 4.47. The first-order valence-electron chi connectivity index (χ1n) is 9.32. The predicted molar refractivity (Wildman–Crippen MR) is 92.2 cm³/mol. The standard InChI is InChI=1S/C19H35NO3/c1-13(2)17-9-15(11-22-5)10-20(17)19(21)18(14(3)4)16-7-6-8-23-12-16/h13-18H,6-12H2,1-5H3/t15?,16?,17-,18?/m0/s1. The van der Waals surface area contributed by atoms with Crippen LogP contribution in [0.4, 0.5) is 0 Å². The molecule has 2 heterocycles. The molecule has 0 aromatic carbocycles. The fraction of sp³-hybridized carbons (Fsp3) is 0.947. The lowest BCUT2D eigenvalue weighted by molar-refractivity contribution is -0.143. The molecule has 0 spiro atoms. The lowest BCUT2D eigenvalue weighted by Crippen LogP contribution is -2.47. The summed E-state index contributed by atoms with van der Waals surface area (Å²) in [6.45, 7) is 12.0. The minimum Gasteiger partial charge on any atom is -0.384 e. The van der Waals surface area contributed by atoms with Gasteiger partial charge in [-0.05, 0) is 37.0 Å². The molecule has 0 aromatic rings. The third-order valence-corrected chi connectivity index (χ3v) is 5.59. The summed E-state index contributed by atoms with van der Waals surface area (Å²) in [6.07, 6.45) is 3.28. The van der Waals surface area contributed by atoms with Gasteiger partial charge in [-0.15, -0.1) is 0 Å². The monoisotopic (exact) mass is 325 g/mol. The van der Waals surface area contributed by atoms with E-state index in [9.17, 15) is 4.79 Å². The Morgan fingerprint density at radius 1 is 1.30 bits per heavy atom. The summed E-state index contributed by atoms with van der Waals surface area (Å²) < 4.78 is 11.0. The average Bonchev–Trinajstić information content (AvgIpc) is 2.93. The van der Waals surface area contributed by atoms with Crippen molar-refractivity contribution in [1.29, 1.82) is 0 Å². The highest BCUT2D eigenvalue weighted by atomic mass is 16.5. The zero-order chi connectivity index (χ0) is 17.0. The third kappa shape index (κ3) is 4.48. The molecule has 134 valence electrons. The lowest BCUT2D eigenvalue weighted by atomic mass is 9.79. The minimum absolute atomic E-state index is 0.0952. The number of nitrogens with zero attached hydrogens (tertiary/aromatic N) is 1. The summed E-state index contributed by atoms with van der Waals surface area (Å²) in [7, 11) is 1.76. The molecule has 0 aliphatic carbocycles. The number of carbonyl (C=O) groups excluding carboxylic acids is 1. The Morgan fingerprint density at radius 3 is 2.57 bits per heavy atom. The lowest BCUT2D eigenvalue weighted by Gasteiger charge is -2.37. The van der Waals surface area contributed by atoms with Crippen molar-refractivity contribution in [2.75, 3.05) is 33.5 Å². The molecule has 0 saturated carbocycles. The molecule has 0 N–H and O–H groups in total. The maximum atomic E-state index is 13.4. The van der Waals surface area contributed by atoms with Crippen molar-refractivity contribution in [3.8, 4) is 0 Å². The van der Waals surface area contributed by atoms with E-state index in [-0.39, 0.29) is 5.92 Å². The highest BCUT2D eigenvalue weighted by molar-refractivity contribution is 5.80. The maximum Gasteiger partial charge on any atom is 0.226 e. The Labute approximate surface area is 141 Å². The second kappa shape index (κ2) is 8.48. The molecular formula is C19H35NO3. The smallest absolute Gasteiger partial charge is 0.226 e. The minimum atomic E-state index is 0.0952. The van der Waals surface area contributed by atoms with Crippen LogP contribution in [0.1, 0.15) is 47.0 Å². The van der Waals surface area contributed by atoms with Crippen LogP contribution in [0.3, 0.4) is 0 Å². The molecule has 4 heteroatoms. The van der Waals surface area contributed by atoms with Gasteiger partial charge in [0.15, 0.2) is 0 Å². The number of methoxy groups -OCH3 is 1. The SMILES string of the molecule is COCC1C[C@@H](C(C)C)N(C(=O)C(C(C)C)C2CCCOC2)C1. The van der Waals surface area contributed by atoms with Crippen molar-refractivity contribution in [2.45, 2.75) is 53.0 Å². The van der Waals surface area contributed by atoms with Crippen LogP contribution in [0.2, 0.25) is 0 Å². The molecule has 0 bridgehead atoms. The van der Waals surface area contributed by atoms with E-state index in [2.05, 4.69) is 32.6 Å². The second-order valence-electron chi connectivity index (χ2n) is 8.11. The number of hydrogen-bond donors (Lipinski definition) is 0. The van der Waals surface area contributed by atoms with Crippen LogP contribution >= 0.6 is 0 Å². The zero-order valence-corrected chi connectivity index (χ0v) is 15.6. The topological polar surface area (TPSA) is 38.8 Å². The largest absolute Gasteiger partial charge is 0.384 e. The van der Waals surface area contributed by atoms with Crippen LogP contribution in [0.15, 0.2) is 0 Å². The zero-order valence-electron chi connectivity index (χ0n) is 15.6. The van der Waals surface area contributed by atoms with Gasteiger partial charge in [0.25, 0.3) is 0 Å². The average molecular weight is 325 g/mol. The Balaban J connectivity index is 2.13. The molecule has 2 fully saturated rings. The Morgan fingerprint density at radius 2 is 2.04 bits per heavy atom. The van der Waals surface area contributed by atoms with Crippen LogP contribution in [0, 0.1) is 29.6 Å². The molecule has 23 heavy (non-hydrogen) atoms. The molecule has 2 rings (SSSR count). The molecule has 2 saturated heterocycles. The van der Waals surface area contributed by atoms with E-state index in [0.29, 0.717) is 35.6 Å². The van der Waals surface area contributed by atoms with Gasteiger partial charge in [-0.1, -0.05) is 27.7 Å². The van der Waals surface area contributed by atoms with E-state index in [1.165, 1.54) is 0 Å². The van der Waals surface area contributed by atoms with Crippen LogP contribution in [-0.2, 0) is 14.3 Å². The molecule has 1 amide bonds. The predicted octanol–water partition coefficient (Wildman–Crippen LogP) is 3.20. The van der Waals surface area contributed by atoms with Crippen molar-refractivity contribution in [3.05, 3.63) is 0 Å². The molecule has 2 aliphatic heterocycles. The first-order valence-corrected chi connectivity index (χ1v) is 9.32. The van der Waals surface area contributed by atoms with E-state index in [0.717, 1.165) is 45.6 Å². The number of hydrogen-bond acceptors (Lipinski definition) is 3. The molecule has 4 atom stereocenters. The summed E-state index contributed by atoms with van der Waals surface area (Å²) in [5.74, 6) is 2.17. The van der Waals surface area contributed by atoms with Gasteiger partial charge in [-0.3, -0.25) is 4.79 Å². The molecular weight excluding hydrogens is 290 g/mol. The van der Waals surface area contributed by atoms with Crippen LogP contribution < -0.4 is 0 Å². The molecule has 3 unspecified atom stereocenters. The molecule has 0 radical (unpaired) electrons. The maximum absolute atomic E-state index is 13.4. The fourth-order valence-corrected chi connectivity index (χ4v) is 4.47. The van der Waals surface area contributed by atoms with E-state index in [1.54, 1.807) is 7.11 Å². The van der Waals surface area contributed by atoms with Crippen LogP contribution in [0.25, 0.3) is 0 Å². The molecule has 2 aliphatic rings. The molecule has 0 aromatic heterocycles. The highest BCUT2D eigenvalue weighted by Gasteiger charge is 2.42. The van der Waals surface area contributed by atoms with Crippen LogP contribution in [-0.4, -0.2) is 50.3 Å². The number of carbonyl (C=O) groups is 1. The van der Waals surface area contributed by atoms with Crippen molar-refractivity contribution < 1.29 is 14.3 Å². The van der Waals surface area contributed by atoms with Crippen LogP contribution in [0.5, 0.6) is 0 Å². The first-order chi connectivity index (χ1) is 11.0. The van der Waals surface area contributed by atoms with E-state index in [4.69, 9.17) is 9.47 Å². The van der Waals surface area contributed by atoms with Gasteiger partial charge < -0.3 is 14.4 Å². The molecule has 4 nitrogen and oxygen atoms in total. The van der Waals surface area contributed by atoms with Crippen molar-refractivity contribution >= 4 is 5.91 Å². The number of ether oxygens (including phenoxy) is 2. The van der Waals surface area contributed by atoms with Gasteiger partial charge in [0.05, 0.1) is 13.2 Å². The van der Waals surface area contributed by atoms with Gasteiger partial charge in [-0.2, -0.15) is 0 Å². The second-order valence-corrected chi connectivity index (χ2v) is 8.11.